The van der Waals surface area contributed by atoms with E-state index in [1.807, 2.05) is 32.9 Å². The molecular formula is C14H18O3. The zero-order valence-electron chi connectivity index (χ0n) is 10.7. The molecule has 1 N–H and O–H groups in total. The van der Waals surface area contributed by atoms with Crippen LogP contribution in [0.25, 0.3) is 5.57 Å². The highest BCUT2D eigenvalue weighted by Crippen LogP contribution is 2.28. The molecule has 0 saturated carbocycles. The number of rotatable bonds is 4. The maximum absolute atomic E-state index is 10.8. The molecule has 1 aromatic rings. The highest BCUT2D eigenvalue weighted by molar-refractivity contribution is 5.90. The highest BCUT2D eigenvalue weighted by atomic mass is 16.5. The van der Waals surface area contributed by atoms with Crippen LogP contribution >= 0.6 is 0 Å². The van der Waals surface area contributed by atoms with Crippen LogP contribution < -0.4 is 4.74 Å². The van der Waals surface area contributed by atoms with Crippen molar-refractivity contribution in [2.75, 3.05) is 7.11 Å². The van der Waals surface area contributed by atoms with Crippen molar-refractivity contribution in [1.82, 2.24) is 0 Å². The predicted octanol–water partition coefficient (Wildman–Crippen LogP) is 3.19. The molecule has 0 saturated heterocycles. The fourth-order valence-corrected chi connectivity index (χ4v) is 1.87. The molecule has 0 aliphatic rings. The molecule has 0 atom stereocenters. The number of ether oxygens (including phenoxy) is 1. The molecule has 0 unspecified atom stereocenters. The Bertz CT molecular complexity index is 459. The van der Waals surface area contributed by atoms with Gasteiger partial charge in [-0.25, -0.2) is 4.79 Å². The van der Waals surface area contributed by atoms with Gasteiger partial charge < -0.3 is 9.84 Å². The van der Waals surface area contributed by atoms with Gasteiger partial charge in [-0.3, -0.25) is 0 Å². The predicted molar refractivity (Wildman–Crippen MR) is 68.4 cm³/mol. The third-order valence-electron chi connectivity index (χ3n) is 2.77. The van der Waals surface area contributed by atoms with Crippen LogP contribution in [0.1, 0.15) is 30.0 Å². The van der Waals surface area contributed by atoms with Gasteiger partial charge in [0.25, 0.3) is 0 Å². The second-order valence-electron chi connectivity index (χ2n) is 4.00. The largest absolute Gasteiger partial charge is 0.496 e. The standard InChI is InChI=1S/C14H18O3/c1-5-11(8-14(15)16)12-6-10(3)13(17-4)7-9(12)2/h6-8H,5H2,1-4H3,(H,15,16)/b11-8+. The molecule has 0 fully saturated rings. The summed E-state index contributed by atoms with van der Waals surface area (Å²) in [6.07, 6.45) is 1.97. The van der Waals surface area contributed by atoms with E-state index in [1.165, 1.54) is 6.08 Å². The van der Waals surface area contributed by atoms with Crippen molar-refractivity contribution in [3.8, 4) is 5.75 Å². The number of allylic oxidation sites excluding steroid dienone is 1. The minimum absolute atomic E-state index is 0.693. The molecule has 0 aliphatic carbocycles. The third kappa shape index (κ3) is 3.09. The summed E-state index contributed by atoms with van der Waals surface area (Å²) in [6, 6.07) is 3.92. The lowest BCUT2D eigenvalue weighted by Gasteiger charge is -2.12. The van der Waals surface area contributed by atoms with Crippen LogP contribution in [0.15, 0.2) is 18.2 Å². The van der Waals surface area contributed by atoms with Crippen molar-refractivity contribution in [2.24, 2.45) is 0 Å². The minimum Gasteiger partial charge on any atom is -0.496 e. The van der Waals surface area contributed by atoms with E-state index in [1.54, 1.807) is 7.11 Å². The second kappa shape index (κ2) is 5.53. The molecule has 0 radical (unpaired) electrons. The monoisotopic (exact) mass is 234 g/mol. The Morgan fingerprint density at radius 1 is 1.35 bits per heavy atom. The van der Waals surface area contributed by atoms with E-state index in [0.717, 1.165) is 28.0 Å². The van der Waals surface area contributed by atoms with Gasteiger partial charge in [0.15, 0.2) is 0 Å². The van der Waals surface area contributed by atoms with E-state index in [2.05, 4.69) is 0 Å². The van der Waals surface area contributed by atoms with Crippen molar-refractivity contribution < 1.29 is 14.6 Å². The lowest BCUT2D eigenvalue weighted by Crippen LogP contribution is -1.97. The summed E-state index contributed by atoms with van der Waals surface area (Å²) in [5, 5.41) is 8.84. The van der Waals surface area contributed by atoms with Crippen LogP contribution in [0.4, 0.5) is 0 Å². The van der Waals surface area contributed by atoms with Crippen LogP contribution in [0.5, 0.6) is 5.75 Å². The summed E-state index contributed by atoms with van der Waals surface area (Å²) in [6.45, 7) is 5.87. The zero-order valence-corrected chi connectivity index (χ0v) is 10.7. The van der Waals surface area contributed by atoms with Crippen molar-refractivity contribution >= 4 is 11.5 Å². The van der Waals surface area contributed by atoms with Crippen LogP contribution in [-0.2, 0) is 4.79 Å². The molecule has 0 spiro atoms. The normalized spacial score (nSPS) is 11.4. The fraction of sp³-hybridized carbons (Fsp3) is 0.357. The first-order valence-electron chi connectivity index (χ1n) is 5.58. The Kier molecular flexibility index (Phi) is 4.32. The molecule has 1 aromatic carbocycles. The van der Waals surface area contributed by atoms with Crippen molar-refractivity contribution in [3.05, 3.63) is 34.9 Å². The van der Waals surface area contributed by atoms with Crippen molar-refractivity contribution in [2.45, 2.75) is 27.2 Å². The Morgan fingerprint density at radius 3 is 2.47 bits per heavy atom. The number of carbonyl (C=O) groups is 1. The van der Waals surface area contributed by atoms with E-state index >= 15 is 0 Å². The van der Waals surface area contributed by atoms with E-state index in [4.69, 9.17) is 9.84 Å². The van der Waals surface area contributed by atoms with Gasteiger partial charge in [0.1, 0.15) is 5.75 Å². The first-order valence-corrected chi connectivity index (χ1v) is 5.58. The molecule has 1 rings (SSSR count). The molecule has 0 amide bonds. The highest BCUT2D eigenvalue weighted by Gasteiger charge is 2.09. The molecule has 0 aliphatic heterocycles. The lowest BCUT2D eigenvalue weighted by molar-refractivity contribution is -0.131. The molecule has 0 heterocycles. The Balaban J connectivity index is 3.31. The summed E-state index contributed by atoms with van der Waals surface area (Å²) in [5.74, 6) is -0.0771. The van der Waals surface area contributed by atoms with Crippen LogP contribution in [0.3, 0.4) is 0 Å². The first kappa shape index (κ1) is 13.3. The smallest absolute Gasteiger partial charge is 0.328 e. The number of aliphatic carboxylic acids is 1. The van der Waals surface area contributed by atoms with Crippen LogP contribution in [-0.4, -0.2) is 18.2 Å². The number of methoxy groups -OCH3 is 1. The Labute approximate surface area is 102 Å². The third-order valence-corrected chi connectivity index (χ3v) is 2.77. The molecule has 0 bridgehead atoms. The number of aryl methyl sites for hydroxylation is 2. The summed E-state index contributed by atoms with van der Waals surface area (Å²) in [5.41, 5.74) is 3.86. The van der Waals surface area contributed by atoms with Gasteiger partial charge >= 0.3 is 5.97 Å². The zero-order chi connectivity index (χ0) is 13.0. The SMILES string of the molecule is CC/C(=C\C(=O)O)c1cc(C)c(OC)cc1C. The average molecular weight is 234 g/mol. The number of carboxylic acids is 1. The van der Waals surface area contributed by atoms with Crippen molar-refractivity contribution in [1.29, 1.82) is 0 Å². The van der Waals surface area contributed by atoms with E-state index in [9.17, 15) is 4.79 Å². The maximum atomic E-state index is 10.8. The molecule has 92 valence electrons. The van der Waals surface area contributed by atoms with E-state index in [0.29, 0.717) is 6.42 Å². The second-order valence-corrected chi connectivity index (χ2v) is 4.00. The lowest BCUT2D eigenvalue weighted by atomic mass is 9.96. The minimum atomic E-state index is -0.908. The van der Waals surface area contributed by atoms with E-state index < -0.39 is 5.97 Å². The van der Waals surface area contributed by atoms with Gasteiger partial charge in [0.2, 0.25) is 0 Å². The van der Waals surface area contributed by atoms with Gasteiger partial charge in [-0.15, -0.1) is 0 Å². The maximum Gasteiger partial charge on any atom is 0.328 e. The summed E-state index contributed by atoms with van der Waals surface area (Å²) < 4.78 is 5.24. The number of benzene rings is 1. The number of hydrogen-bond acceptors (Lipinski definition) is 2. The first-order chi connectivity index (χ1) is 7.99. The Morgan fingerprint density at radius 2 is 2.00 bits per heavy atom. The van der Waals surface area contributed by atoms with Crippen LogP contribution in [0.2, 0.25) is 0 Å². The number of hydrogen-bond donors (Lipinski definition) is 1. The molecular weight excluding hydrogens is 216 g/mol. The summed E-state index contributed by atoms with van der Waals surface area (Å²) in [7, 11) is 1.63. The van der Waals surface area contributed by atoms with Gasteiger partial charge in [-0.05, 0) is 54.7 Å². The molecule has 0 aromatic heterocycles. The van der Waals surface area contributed by atoms with Gasteiger partial charge in [0, 0.05) is 6.08 Å². The fourth-order valence-electron chi connectivity index (χ4n) is 1.87. The topological polar surface area (TPSA) is 46.5 Å². The quantitative estimate of drug-likeness (QED) is 0.814. The van der Waals surface area contributed by atoms with Crippen LogP contribution in [0, 0.1) is 13.8 Å². The summed E-state index contributed by atoms with van der Waals surface area (Å²) >= 11 is 0. The Hall–Kier alpha value is -1.77. The van der Waals surface area contributed by atoms with Gasteiger partial charge in [0.05, 0.1) is 7.11 Å². The van der Waals surface area contributed by atoms with Gasteiger partial charge in [-0.1, -0.05) is 6.92 Å². The molecule has 3 heteroatoms. The molecule has 3 nitrogen and oxygen atoms in total. The van der Waals surface area contributed by atoms with Crippen molar-refractivity contribution in [3.63, 3.8) is 0 Å². The molecule has 17 heavy (non-hydrogen) atoms. The average Bonchev–Trinajstić information content (AvgIpc) is 2.28. The van der Waals surface area contributed by atoms with Gasteiger partial charge in [-0.2, -0.15) is 0 Å². The summed E-state index contributed by atoms with van der Waals surface area (Å²) in [4.78, 5) is 10.8. The van der Waals surface area contributed by atoms with E-state index in [-0.39, 0.29) is 0 Å². The number of carboxylic acid groups (broad SMARTS) is 1.